The largest absolute Gasteiger partial charge is 0.478 e. The molecule has 6 aromatic rings. The normalized spacial score (nSPS) is 14.1. The first-order chi connectivity index (χ1) is 39.6. The first-order valence-corrected chi connectivity index (χ1v) is 31.2. The molecule has 448 valence electrons. The van der Waals surface area contributed by atoms with Crippen LogP contribution < -0.4 is 10.3 Å². The zero-order valence-corrected chi connectivity index (χ0v) is 51.0. The Kier molecular flexibility index (Phi) is 25.0. The second-order valence-electron chi connectivity index (χ2n) is 24.6. The quantitative estimate of drug-likeness (QED) is 0.0398. The summed E-state index contributed by atoms with van der Waals surface area (Å²) in [6.07, 6.45) is 21.5. The molecule has 0 aromatic carbocycles. The maximum Gasteiger partial charge on any atom is 0.255 e. The average molecular weight is 1130 g/mol. The van der Waals surface area contributed by atoms with E-state index in [0.717, 1.165) is 149 Å². The molecule has 2 aliphatic heterocycles. The van der Waals surface area contributed by atoms with Gasteiger partial charge in [-0.05, 0) is 183 Å². The van der Waals surface area contributed by atoms with E-state index in [1.165, 1.54) is 38.8 Å². The number of carbonyl (C=O) groups is 2. The van der Waals surface area contributed by atoms with E-state index >= 15 is 0 Å². The van der Waals surface area contributed by atoms with E-state index in [0.29, 0.717) is 66.7 Å². The van der Waals surface area contributed by atoms with Gasteiger partial charge < -0.3 is 47.9 Å². The molecule has 8 rings (SSSR count). The number of likely N-dealkylation sites (tertiary alicyclic amines) is 2. The second-order valence-corrected chi connectivity index (χ2v) is 24.6. The maximum absolute atomic E-state index is 13.8. The number of fused-ring (bicyclic) bond motifs is 2. The summed E-state index contributed by atoms with van der Waals surface area (Å²) in [4.78, 5) is 63.7. The third-order valence-electron chi connectivity index (χ3n) is 16.0. The molecule has 0 unspecified atom stereocenters. The standard InChI is InChI=1S/2C33H49N5O3/c1-25(2)14-19-37(20-15-26(3)4)33(40)28-10-12-30-35-32(27-11-13-31(34-23-27)41-22-8-21-39)29(38(30)24-28)9-7-18-36-16-5-6-17-36;1-25(2)14-20-36(21-15-26(3)4)33(41)28-10-12-30-34-32(27-11-13-31(40)37(23-27)19-8-22-39)29(38(30)24-28)9-7-18-35-16-5-6-17-35/h2*10-13,23-26,39H,5-9,14-22H2,1-4H3. The number of hydrogen-bond acceptors (Lipinski definition) is 11. The van der Waals surface area contributed by atoms with E-state index in [4.69, 9.17) is 19.8 Å². The highest BCUT2D eigenvalue weighted by molar-refractivity contribution is 5.95. The number of aromatic nitrogens is 6. The summed E-state index contributed by atoms with van der Waals surface area (Å²) in [5, 5.41) is 18.3. The predicted octanol–water partition coefficient (Wildman–Crippen LogP) is 10.8. The van der Waals surface area contributed by atoms with Crippen molar-refractivity contribution in [1.29, 1.82) is 0 Å². The van der Waals surface area contributed by atoms with E-state index in [1.807, 2.05) is 77.1 Å². The molecule has 16 nitrogen and oxygen atoms in total. The minimum atomic E-state index is -0.0858. The molecule has 0 saturated carbocycles. The lowest BCUT2D eigenvalue weighted by Crippen LogP contribution is -2.34. The molecule has 0 spiro atoms. The number of amides is 2. The summed E-state index contributed by atoms with van der Waals surface area (Å²) in [6, 6.07) is 15.0. The van der Waals surface area contributed by atoms with Gasteiger partial charge in [0.15, 0.2) is 0 Å². The monoisotopic (exact) mass is 1130 g/mol. The minimum absolute atomic E-state index is 0.0366. The topological polar surface area (TPSA) is 166 Å². The van der Waals surface area contributed by atoms with Crippen molar-refractivity contribution in [2.45, 2.75) is 152 Å². The van der Waals surface area contributed by atoms with Gasteiger partial charge in [0.25, 0.3) is 17.4 Å². The van der Waals surface area contributed by atoms with E-state index in [1.54, 1.807) is 10.6 Å². The number of nitrogens with zero attached hydrogens (tertiary/aromatic N) is 10. The van der Waals surface area contributed by atoms with Crippen LogP contribution in [0.3, 0.4) is 0 Å². The zero-order chi connectivity index (χ0) is 58.5. The number of imidazole rings is 2. The lowest BCUT2D eigenvalue weighted by molar-refractivity contribution is 0.0732. The number of aliphatic hydroxyl groups is 2. The first kappa shape index (κ1) is 63.6. The van der Waals surface area contributed by atoms with Crippen LogP contribution in [0.4, 0.5) is 0 Å². The molecule has 2 aliphatic rings. The predicted molar refractivity (Wildman–Crippen MR) is 330 cm³/mol. The van der Waals surface area contributed by atoms with Gasteiger partial charge in [0.05, 0.1) is 40.5 Å². The Hall–Kier alpha value is -5.94. The molecule has 2 N–H and O–H groups in total. The molecule has 2 amide bonds. The van der Waals surface area contributed by atoms with Crippen molar-refractivity contribution in [2.24, 2.45) is 23.7 Å². The Morgan fingerprint density at radius 3 is 1.43 bits per heavy atom. The number of ether oxygens (including phenoxy) is 1. The summed E-state index contributed by atoms with van der Waals surface area (Å²) >= 11 is 0. The number of carbonyl (C=O) groups excluding carboxylic acids is 2. The van der Waals surface area contributed by atoms with Crippen LogP contribution in [0.2, 0.25) is 0 Å². The van der Waals surface area contributed by atoms with Crippen LogP contribution in [0.15, 0.2) is 78.1 Å². The molecule has 16 heteroatoms. The third-order valence-corrected chi connectivity index (χ3v) is 16.0. The van der Waals surface area contributed by atoms with Crippen molar-refractivity contribution in [3.8, 4) is 28.4 Å². The summed E-state index contributed by atoms with van der Waals surface area (Å²) in [5.41, 5.74) is 8.70. The Morgan fingerprint density at radius 2 is 1.00 bits per heavy atom. The van der Waals surface area contributed by atoms with Gasteiger partial charge in [-0.25, -0.2) is 15.0 Å². The van der Waals surface area contributed by atoms with Crippen LogP contribution in [-0.2, 0) is 19.4 Å². The molecule has 0 bridgehead atoms. The average Bonchev–Trinajstić information content (AvgIpc) is 4.37. The van der Waals surface area contributed by atoms with Gasteiger partial charge in [-0.15, -0.1) is 0 Å². The maximum atomic E-state index is 13.8. The molecule has 0 atom stereocenters. The molecule has 6 aromatic heterocycles. The lowest BCUT2D eigenvalue weighted by atomic mass is 10.1. The molecule has 82 heavy (non-hydrogen) atoms. The van der Waals surface area contributed by atoms with Crippen LogP contribution in [0.1, 0.15) is 165 Å². The second kappa shape index (κ2) is 32.2. The number of hydrogen-bond donors (Lipinski definition) is 2. The molecular formula is C66H98N10O6. The van der Waals surface area contributed by atoms with Gasteiger partial charge in [0.2, 0.25) is 5.88 Å². The SMILES string of the molecule is CC(C)CCN(CCC(C)C)C(=O)c1ccc2nc(-c3ccc(=O)n(CCCO)c3)c(CCCN3CCCC3)n2c1.CC(C)CCN(CCC(C)C)C(=O)c1ccc2nc(-c3ccc(OCCCO)nc3)c(CCCN3CCCC3)n2c1. The highest BCUT2D eigenvalue weighted by Crippen LogP contribution is 2.29. The molecule has 0 radical (unpaired) electrons. The number of pyridine rings is 4. The van der Waals surface area contributed by atoms with Gasteiger partial charge >= 0.3 is 0 Å². The fourth-order valence-corrected chi connectivity index (χ4v) is 10.9. The lowest BCUT2D eigenvalue weighted by Gasteiger charge is -2.24. The van der Waals surface area contributed by atoms with Crippen LogP contribution in [-0.4, -0.2) is 155 Å². The summed E-state index contributed by atoms with van der Waals surface area (Å²) in [5.74, 6) is 2.87. The molecule has 8 heterocycles. The van der Waals surface area contributed by atoms with Gasteiger partial charge in [-0.1, -0.05) is 55.4 Å². The minimum Gasteiger partial charge on any atom is -0.478 e. The number of rotatable bonds is 31. The van der Waals surface area contributed by atoms with Crippen LogP contribution >= 0.6 is 0 Å². The smallest absolute Gasteiger partial charge is 0.255 e. The van der Waals surface area contributed by atoms with Crippen molar-refractivity contribution in [3.63, 3.8) is 0 Å². The highest BCUT2D eigenvalue weighted by atomic mass is 16.5. The fourth-order valence-electron chi connectivity index (χ4n) is 10.9. The van der Waals surface area contributed by atoms with Gasteiger partial charge in [-0.2, -0.15) is 0 Å². The summed E-state index contributed by atoms with van der Waals surface area (Å²) in [7, 11) is 0. The van der Waals surface area contributed by atoms with E-state index < -0.39 is 0 Å². The Morgan fingerprint density at radius 1 is 0.549 bits per heavy atom. The molecule has 0 aliphatic carbocycles. The number of aryl methyl sites for hydroxylation is 3. The highest BCUT2D eigenvalue weighted by Gasteiger charge is 2.24. The third kappa shape index (κ3) is 18.5. The van der Waals surface area contributed by atoms with E-state index in [-0.39, 0.29) is 30.6 Å². The van der Waals surface area contributed by atoms with Crippen LogP contribution in [0.5, 0.6) is 5.88 Å². The Bertz CT molecular complexity index is 2940. The van der Waals surface area contributed by atoms with Crippen molar-refractivity contribution in [1.82, 2.24) is 47.9 Å². The van der Waals surface area contributed by atoms with Gasteiger partial charge in [0, 0.05) is 100 Å². The summed E-state index contributed by atoms with van der Waals surface area (Å²) in [6.45, 7) is 28.5. The molecule has 2 fully saturated rings. The molecular weight excluding hydrogens is 1030 g/mol. The fraction of sp³-hybridized carbons (Fsp3) is 0.606. The van der Waals surface area contributed by atoms with Crippen LogP contribution in [0, 0.1) is 23.7 Å². The first-order valence-electron chi connectivity index (χ1n) is 31.2. The number of aliphatic hydroxyl groups excluding tert-OH is 2. The zero-order valence-electron chi connectivity index (χ0n) is 51.0. The van der Waals surface area contributed by atoms with Gasteiger partial charge in [0.1, 0.15) is 11.3 Å². The van der Waals surface area contributed by atoms with Crippen molar-refractivity contribution < 1.29 is 24.5 Å². The van der Waals surface area contributed by atoms with E-state index in [2.05, 4.69) is 79.0 Å². The Labute approximate surface area is 488 Å². The molecule has 2 saturated heterocycles. The Balaban J connectivity index is 0.000000236. The van der Waals surface area contributed by atoms with E-state index in [9.17, 15) is 19.5 Å². The van der Waals surface area contributed by atoms with Crippen LogP contribution in [0.25, 0.3) is 33.8 Å². The van der Waals surface area contributed by atoms with Gasteiger partial charge in [-0.3, -0.25) is 14.4 Å². The van der Waals surface area contributed by atoms with Crippen molar-refractivity contribution in [2.75, 3.05) is 85.3 Å². The van der Waals surface area contributed by atoms with Crippen molar-refractivity contribution in [3.05, 3.63) is 106 Å². The van der Waals surface area contributed by atoms with Crippen molar-refractivity contribution >= 4 is 23.1 Å². The summed E-state index contributed by atoms with van der Waals surface area (Å²) < 4.78 is 11.5.